The molecular weight excluding hydrogens is 184 g/mol. The van der Waals surface area contributed by atoms with E-state index in [-0.39, 0.29) is 17.7 Å². The minimum absolute atomic E-state index is 0.0104. The summed E-state index contributed by atoms with van der Waals surface area (Å²) in [4.78, 5) is 21.4. The van der Waals surface area contributed by atoms with Gasteiger partial charge in [-0.25, -0.2) is 0 Å². The molecule has 1 rings (SSSR count). The fraction of sp³-hybridized carbons (Fsp3) is 0.111. The van der Waals surface area contributed by atoms with Crippen LogP contribution in [0.3, 0.4) is 0 Å². The number of carbonyl (C=O) groups excluding carboxylic acids is 2. The first-order chi connectivity index (χ1) is 6.52. The molecule has 0 spiro atoms. The minimum Gasteiger partial charge on any atom is -0.507 e. The van der Waals surface area contributed by atoms with Crippen LogP contribution in [0, 0.1) is 0 Å². The zero-order chi connectivity index (χ0) is 10.7. The molecule has 1 aromatic rings. The van der Waals surface area contributed by atoms with Crippen molar-refractivity contribution in [3.63, 3.8) is 0 Å². The van der Waals surface area contributed by atoms with Crippen LogP contribution in [0.2, 0.25) is 0 Å². The maximum Gasteiger partial charge on any atom is 0.252 e. The Balaban J connectivity index is 3.13. The number of rotatable bonds is 3. The summed E-state index contributed by atoms with van der Waals surface area (Å²) in [5, 5.41) is 9.50. The standard InChI is InChI=1S/C9H10N2O3/c10-7(12)4-5-2-1-3-6(8(5)13)9(11)14/h1-3,13H,4H2,(H2,10,12)(H2,11,14). The maximum absolute atomic E-state index is 10.8. The van der Waals surface area contributed by atoms with Gasteiger partial charge in [0.1, 0.15) is 5.75 Å². The minimum atomic E-state index is -0.742. The van der Waals surface area contributed by atoms with Gasteiger partial charge in [0, 0.05) is 5.56 Å². The van der Waals surface area contributed by atoms with Crippen molar-refractivity contribution < 1.29 is 14.7 Å². The number of nitrogens with two attached hydrogens (primary N) is 2. The van der Waals surface area contributed by atoms with Gasteiger partial charge in [0.2, 0.25) is 5.91 Å². The van der Waals surface area contributed by atoms with E-state index in [1.807, 2.05) is 0 Å². The Morgan fingerprint density at radius 1 is 1.29 bits per heavy atom. The van der Waals surface area contributed by atoms with Crippen LogP contribution in [0.5, 0.6) is 5.75 Å². The highest BCUT2D eigenvalue weighted by Gasteiger charge is 2.12. The van der Waals surface area contributed by atoms with Gasteiger partial charge in [-0.1, -0.05) is 12.1 Å². The lowest BCUT2D eigenvalue weighted by Gasteiger charge is -2.05. The van der Waals surface area contributed by atoms with E-state index >= 15 is 0 Å². The van der Waals surface area contributed by atoms with Gasteiger partial charge in [-0.15, -0.1) is 0 Å². The molecule has 0 aromatic heterocycles. The summed E-state index contributed by atoms with van der Waals surface area (Å²) in [5.41, 5.74) is 10.2. The van der Waals surface area contributed by atoms with Crippen LogP contribution in [0.4, 0.5) is 0 Å². The predicted molar refractivity (Wildman–Crippen MR) is 49.5 cm³/mol. The Bertz CT molecular complexity index is 388. The van der Waals surface area contributed by atoms with Crippen molar-refractivity contribution in [2.24, 2.45) is 11.5 Å². The molecule has 1 aromatic carbocycles. The molecule has 0 radical (unpaired) electrons. The van der Waals surface area contributed by atoms with Gasteiger partial charge in [-0.2, -0.15) is 0 Å². The molecule has 0 atom stereocenters. The van der Waals surface area contributed by atoms with E-state index in [1.165, 1.54) is 18.2 Å². The molecule has 0 bridgehead atoms. The SMILES string of the molecule is NC(=O)Cc1cccc(C(N)=O)c1O. The number of hydrogen-bond donors (Lipinski definition) is 3. The second-order valence-electron chi connectivity index (χ2n) is 2.82. The highest BCUT2D eigenvalue weighted by atomic mass is 16.3. The quantitative estimate of drug-likeness (QED) is 0.604. The Labute approximate surface area is 80.3 Å². The summed E-state index contributed by atoms with van der Waals surface area (Å²) in [6, 6.07) is 4.41. The van der Waals surface area contributed by atoms with Gasteiger partial charge < -0.3 is 16.6 Å². The highest BCUT2D eigenvalue weighted by Crippen LogP contribution is 2.22. The molecule has 5 N–H and O–H groups in total. The van der Waals surface area contributed by atoms with E-state index in [0.717, 1.165) is 0 Å². The van der Waals surface area contributed by atoms with Crippen LogP contribution < -0.4 is 11.5 Å². The summed E-state index contributed by atoms with van der Waals surface area (Å²) in [7, 11) is 0. The number of hydrogen-bond acceptors (Lipinski definition) is 3. The summed E-state index contributed by atoms with van der Waals surface area (Å²) in [5.74, 6) is -1.60. The van der Waals surface area contributed by atoms with Crippen LogP contribution in [0.1, 0.15) is 15.9 Å². The van der Waals surface area contributed by atoms with E-state index < -0.39 is 11.8 Å². The Morgan fingerprint density at radius 2 is 1.93 bits per heavy atom. The third-order valence-electron chi connectivity index (χ3n) is 1.75. The zero-order valence-electron chi connectivity index (χ0n) is 7.36. The molecule has 2 amide bonds. The fourth-order valence-corrected chi connectivity index (χ4v) is 1.12. The molecule has 74 valence electrons. The second kappa shape index (κ2) is 3.78. The van der Waals surface area contributed by atoms with E-state index in [0.29, 0.717) is 5.56 Å². The summed E-state index contributed by atoms with van der Waals surface area (Å²) in [6.45, 7) is 0. The van der Waals surface area contributed by atoms with Crippen LogP contribution in [0.15, 0.2) is 18.2 Å². The third kappa shape index (κ3) is 2.01. The van der Waals surface area contributed by atoms with Crippen molar-refractivity contribution >= 4 is 11.8 Å². The second-order valence-corrected chi connectivity index (χ2v) is 2.82. The van der Waals surface area contributed by atoms with Crippen molar-refractivity contribution in [1.82, 2.24) is 0 Å². The summed E-state index contributed by atoms with van der Waals surface area (Å²) >= 11 is 0. The number of carbonyl (C=O) groups is 2. The lowest BCUT2D eigenvalue weighted by atomic mass is 10.1. The first kappa shape index (κ1) is 10.0. The van der Waals surface area contributed by atoms with Gasteiger partial charge in [0.15, 0.2) is 0 Å². The molecule has 0 heterocycles. The number of amides is 2. The first-order valence-electron chi connectivity index (χ1n) is 3.91. The smallest absolute Gasteiger partial charge is 0.252 e. The van der Waals surface area contributed by atoms with E-state index in [4.69, 9.17) is 11.5 Å². The first-order valence-corrected chi connectivity index (χ1v) is 3.91. The molecule has 0 aliphatic rings. The van der Waals surface area contributed by atoms with Gasteiger partial charge in [0.25, 0.3) is 5.91 Å². The van der Waals surface area contributed by atoms with Crippen LogP contribution in [0.25, 0.3) is 0 Å². The molecular formula is C9H10N2O3. The zero-order valence-corrected chi connectivity index (χ0v) is 7.36. The Morgan fingerprint density at radius 3 is 2.43 bits per heavy atom. The lowest BCUT2D eigenvalue weighted by Crippen LogP contribution is -2.16. The Kier molecular flexibility index (Phi) is 2.71. The normalized spacial score (nSPS) is 9.71. The molecule has 0 saturated heterocycles. The molecule has 0 aliphatic heterocycles. The third-order valence-corrected chi connectivity index (χ3v) is 1.75. The van der Waals surface area contributed by atoms with Gasteiger partial charge >= 0.3 is 0 Å². The predicted octanol–water partition coefficient (Wildman–Crippen LogP) is -0.481. The van der Waals surface area contributed by atoms with E-state index in [1.54, 1.807) is 0 Å². The molecule has 0 saturated carbocycles. The average molecular weight is 194 g/mol. The monoisotopic (exact) mass is 194 g/mol. The van der Waals surface area contributed by atoms with Crippen molar-refractivity contribution in [2.75, 3.05) is 0 Å². The molecule has 14 heavy (non-hydrogen) atoms. The van der Waals surface area contributed by atoms with Crippen LogP contribution in [-0.4, -0.2) is 16.9 Å². The maximum atomic E-state index is 10.8. The van der Waals surface area contributed by atoms with Gasteiger partial charge in [-0.3, -0.25) is 9.59 Å². The van der Waals surface area contributed by atoms with Crippen molar-refractivity contribution in [3.05, 3.63) is 29.3 Å². The molecule has 0 aliphatic carbocycles. The molecule has 5 heteroatoms. The average Bonchev–Trinajstić information content (AvgIpc) is 2.07. The summed E-state index contributed by atoms with van der Waals surface area (Å²) < 4.78 is 0. The van der Waals surface area contributed by atoms with Gasteiger partial charge in [0.05, 0.1) is 12.0 Å². The number of phenols is 1. The molecule has 0 unspecified atom stereocenters. The van der Waals surface area contributed by atoms with Crippen molar-refractivity contribution in [1.29, 1.82) is 0 Å². The van der Waals surface area contributed by atoms with E-state index in [9.17, 15) is 14.7 Å². The fourth-order valence-electron chi connectivity index (χ4n) is 1.12. The number of para-hydroxylation sites is 1. The largest absolute Gasteiger partial charge is 0.507 e. The topological polar surface area (TPSA) is 106 Å². The van der Waals surface area contributed by atoms with E-state index in [2.05, 4.69) is 0 Å². The number of benzene rings is 1. The lowest BCUT2D eigenvalue weighted by molar-refractivity contribution is -0.117. The van der Waals surface area contributed by atoms with Crippen molar-refractivity contribution in [3.8, 4) is 5.75 Å². The highest BCUT2D eigenvalue weighted by molar-refractivity contribution is 5.96. The van der Waals surface area contributed by atoms with Crippen LogP contribution in [-0.2, 0) is 11.2 Å². The number of aromatic hydroxyl groups is 1. The molecule has 5 nitrogen and oxygen atoms in total. The Hall–Kier alpha value is -2.04. The summed E-state index contributed by atoms with van der Waals surface area (Å²) in [6.07, 6.45) is -0.118. The van der Waals surface area contributed by atoms with Gasteiger partial charge in [-0.05, 0) is 6.07 Å². The number of primary amides is 2. The van der Waals surface area contributed by atoms with Crippen molar-refractivity contribution in [2.45, 2.75) is 6.42 Å². The van der Waals surface area contributed by atoms with Crippen LogP contribution >= 0.6 is 0 Å². The molecule has 0 fully saturated rings.